The number of furan rings is 1. The van der Waals surface area contributed by atoms with Gasteiger partial charge in [-0.25, -0.2) is 0 Å². The van der Waals surface area contributed by atoms with Crippen molar-refractivity contribution < 1.29 is 4.42 Å². The molecule has 1 aromatic heterocycles. The molecule has 2 unspecified atom stereocenters. The average Bonchev–Trinajstić information content (AvgIpc) is 2.69. The maximum atomic E-state index is 5.55. The highest BCUT2D eigenvalue weighted by atomic mass is 16.3. The lowest BCUT2D eigenvalue weighted by molar-refractivity contribution is 0.356. The first-order valence-electron chi connectivity index (χ1n) is 6.96. The predicted octanol–water partition coefficient (Wildman–Crippen LogP) is 2.39. The van der Waals surface area contributed by atoms with Crippen molar-refractivity contribution >= 4 is 0 Å². The van der Waals surface area contributed by atoms with Crippen molar-refractivity contribution in [3.8, 4) is 0 Å². The number of aryl methyl sites for hydroxylation is 1. The molecule has 0 spiro atoms. The molecule has 3 heteroatoms. The molecule has 2 heterocycles. The molecule has 1 aliphatic carbocycles. The normalized spacial score (nSPS) is 29.6. The van der Waals surface area contributed by atoms with Gasteiger partial charge in [-0.15, -0.1) is 0 Å². The van der Waals surface area contributed by atoms with Gasteiger partial charge in [0, 0.05) is 24.1 Å². The number of hydrogen-bond donors (Lipinski definition) is 2. The number of rotatable bonds is 2. The van der Waals surface area contributed by atoms with Gasteiger partial charge in [0.15, 0.2) is 0 Å². The first-order chi connectivity index (χ1) is 8.43. The zero-order valence-corrected chi connectivity index (χ0v) is 10.4. The monoisotopic (exact) mass is 234 g/mol. The maximum Gasteiger partial charge on any atom is 0.108 e. The van der Waals surface area contributed by atoms with E-state index >= 15 is 0 Å². The number of fused-ring (bicyclic) bond motifs is 1. The molecule has 1 aromatic rings. The summed E-state index contributed by atoms with van der Waals surface area (Å²) >= 11 is 0. The summed E-state index contributed by atoms with van der Waals surface area (Å²) < 4.78 is 5.55. The minimum Gasteiger partial charge on any atom is -0.469 e. The Morgan fingerprint density at radius 2 is 2.18 bits per heavy atom. The fourth-order valence-electron chi connectivity index (χ4n) is 3.13. The summed E-state index contributed by atoms with van der Waals surface area (Å²) in [6.45, 7) is 2.34. The third kappa shape index (κ3) is 2.55. The van der Waals surface area contributed by atoms with Crippen LogP contribution in [-0.4, -0.2) is 19.1 Å². The fraction of sp³-hybridized carbons (Fsp3) is 0.714. The molecule has 0 amide bonds. The molecule has 94 valence electrons. The van der Waals surface area contributed by atoms with Crippen LogP contribution >= 0.6 is 0 Å². The third-order valence-electron chi connectivity index (χ3n) is 4.06. The topological polar surface area (TPSA) is 37.2 Å². The molecule has 0 radical (unpaired) electrons. The van der Waals surface area contributed by atoms with Crippen LogP contribution in [0.15, 0.2) is 16.7 Å². The molecular formula is C14H22N2O. The van der Waals surface area contributed by atoms with Crippen molar-refractivity contribution in [3.05, 3.63) is 23.7 Å². The van der Waals surface area contributed by atoms with Crippen LogP contribution in [0.5, 0.6) is 0 Å². The van der Waals surface area contributed by atoms with Crippen molar-refractivity contribution in [2.75, 3.05) is 13.1 Å². The highest BCUT2D eigenvalue weighted by molar-refractivity contribution is 5.24. The minimum absolute atomic E-state index is 0.528. The highest BCUT2D eigenvalue weighted by Gasteiger charge is 2.24. The van der Waals surface area contributed by atoms with E-state index in [1.54, 1.807) is 0 Å². The quantitative estimate of drug-likeness (QED) is 0.825. The Labute approximate surface area is 103 Å². The van der Waals surface area contributed by atoms with Gasteiger partial charge in [0.25, 0.3) is 0 Å². The molecular weight excluding hydrogens is 212 g/mol. The second kappa shape index (κ2) is 5.23. The fourth-order valence-corrected chi connectivity index (χ4v) is 3.13. The van der Waals surface area contributed by atoms with Gasteiger partial charge in [0.05, 0.1) is 6.26 Å². The van der Waals surface area contributed by atoms with Crippen molar-refractivity contribution in [2.45, 2.75) is 50.6 Å². The van der Waals surface area contributed by atoms with Gasteiger partial charge < -0.3 is 15.1 Å². The van der Waals surface area contributed by atoms with E-state index < -0.39 is 0 Å². The predicted molar refractivity (Wildman–Crippen MR) is 68.0 cm³/mol. The molecule has 0 saturated carbocycles. The molecule has 0 aromatic carbocycles. The lowest BCUT2D eigenvalue weighted by atomic mass is 9.92. The summed E-state index contributed by atoms with van der Waals surface area (Å²) in [6.07, 6.45) is 9.33. The van der Waals surface area contributed by atoms with E-state index in [-0.39, 0.29) is 0 Å². The van der Waals surface area contributed by atoms with Gasteiger partial charge in [-0.05, 0) is 51.3 Å². The SMILES string of the molecule is c1cc2c(o1)CCCC2NC1CCCNCC1. The van der Waals surface area contributed by atoms with E-state index in [0.29, 0.717) is 12.1 Å². The first-order valence-corrected chi connectivity index (χ1v) is 6.96. The summed E-state index contributed by atoms with van der Waals surface area (Å²) in [5.74, 6) is 1.21. The van der Waals surface area contributed by atoms with Crippen LogP contribution in [0.2, 0.25) is 0 Å². The zero-order chi connectivity index (χ0) is 11.5. The summed E-state index contributed by atoms with van der Waals surface area (Å²) in [5.41, 5.74) is 1.41. The van der Waals surface area contributed by atoms with E-state index in [4.69, 9.17) is 4.42 Å². The summed E-state index contributed by atoms with van der Waals surface area (Å²) in [6, 6.07) is 3.36. The van der Waals surface area contributed by atoms with E-state index in [1.165, 1.54) is 50.0 Å². The van der Waals surface area contributed by atoms with Crippen molar-refractivity contribution in [2.24, 2.45) is 0 Å². The lowest BCUT2D eigenvalue weighted by Crippen LogP contribution is -2.35. The van der Waals surface area contributed by atoms with Crippen LogP contribution in [0.3, 0.4) is 0 Å². The molecule has 2 N–H and O–H groups in total. The maximum absolute atomic E-state index is 5.55. The van der Waals surface area contributed by atoms with Crippen molar-refractivity contribution in [3.63, 3.8) is 0 Å². The van der Waals surface area contributed by atoms with Crippen LogP contribution in [-0.2, 0) is 6.42 Å². The Kier molecular flexibility index (Phi) is 3.48. The van der Waals surface area contributed by atoms with E-state index in [9.17, 15) is 0 Å². The Bertz CT molecular complexity index is 353. The molecule has 1 aliphatic heterocycles. The van der Waals surface area contributed by atoms with Gasteiger partial charge in [-0.2, -0.15) is 0 Å². The van der Waals surface area contributed by atoms with Crippen LogP contribution < -0.4 is 10.6 Å². The summed E-state index contributed by atoms with van der Waals surface area (Å²) in [4.78, 5) is 0. The van der Waals surface area contributed by atoms with Gasteiger partial charge in [0.1, 0.15) is 5.76 Å². The second-order valence-corrected chi connectivity index (χ2v) is 5.29. The molecule has 1 saturated heterocycles. The molecule has 2 atom stereocenters. The van der Waals surface area contributed by atoms with Crippen LogP contribution in [0.4, 0.5) is 0 Å². The Balaban J connectivity index is 1.65. The van der Waals surface area contributed by atoms with Crippen molar-refractivity contribution in [1.82, 2.24) is 10.6 Å². The van der Waals surface area contributed by atoms with E-state index in [2.05, 4.69) is 16.7 Å². The Morgan fingerprint density at radius 3 is 3.18 bits per heavy atom. The zero-order valence-electron chi connectivity index (χ0n) is 10.4. The third-order valence-corrected chi connectivity index (χ3v) is 4.06. The van der Waals surface area contributed by atoms with Gasteiger partial charge in [-0.1, -0.05) is 0 Å². The molecule has 17 heavy (non-hydrogen) atoms. The number of hydrogen-bond acceptors (Lipinski definition) is 3. The summed E-state index contributed by atoms with van der Waals surface area (Å²) in [5, 5.41) is 7.31. The van der Waals surface area contributed by atoms with Crippen LogP contribution in [0.1, 0.15) is 49.5 Å². The van der Waals surface area contributed by atoms with Crippen LogP contribution in [0, 0.1) is 0 Å². The Morgan fingerprint density at radius 1 is 1.18 bits per heavy atom. The molecule has 1 fully saturated rings. The molecule has 3 rings (SSSR count). The van der Waals surface area contributed by atoms with Gasteiger partial charge in [-0.3, -0.25) is 0 Å². The first kappa shape index (κ1) is 11.3. The lowest BCUT2D eigenvalue weighted by Gasteiger charge is -2.27. The molecule has 2 aliphatic rings. The average molecular weight is 234 g/mol. The highest BCUT2D eigenvalue weighted by Crippen LogP contribution is 2.31. The standard InChI is InChI=1S/C14H22N2O/c1-4-13(12-7-10-17-14(12)5-1)16-11-3-2-8-15-9-6-11/h7,10-11,13,15-16H,1-6,8-9H2. The second-order valence-electron chi connectivity index (χ2n) is 5.29. The van der Waals surface area contributed by atoms with E-state index in [0.717, 1.165) is 13.0 Å². The molecule has 3 nitrogen and oxygen atoms in total. The van der Waals surface area contributed by atoms with E-state index in [1.807, 2.05) is 6.26 Å². The van der Waals surface area contributed by atoms with Crippen molar-refractivity contribution in [1.29, 1.82) is 0 Å². The van der Waals surface area contributed by atoms with Gasteiger partial charge >= 0.3 is 0 Å². The van der Waals surface area contributed by atoms with Gasteiger partial charge in [0.2, 0.25) is 0 Å². The minimum atomic E-state index is 0.528. The smallest absolute Gasteiger partial charge is 0.108 e. The number of nitrogens with one attached hydrogen (secondary N) is 2. The summed E-state index contributed by atoms with van der Waals surface area (Å²) in [7, 11) is 0. The van der Waals surface area contributed by atoms with Crippen LogP contribution in [0.25, 0.3) is 0 Å². The largest absolute Gasteiger partial charge is 0.469 e. The Hall–Kier alpha value is -0.800. The molecule has 0 bridgehead atoms.